The van der Waals surface area contributed by atoms with Crippen LogP contribution in [-0.2, 0) is 4.79 Å². The third-order valence-electron chi connectivity index (χ3n) is 6.28. The average molecular weight is 553 g/mol. The van der Waals surface area contributed by atoms with E-state index in [1.807, 2.05) is 0 Å². The van der Waals surface area contributed by atoms with Crippen molar-refractivity contribution in [1.82, 2.24) is 20.1 Å². The van der Waals surface area contributed by atoms with Gasteiger partial charge in [-0.3, -0.25) is 24.8 Å². The second kappa shape index (κ2) is 10.7. The van der Waals surface area contributed by atoms with Crippen molar-refractivity contribution in [2.24, 2.45) is 4.99 Å². The van der Waals surface area contributed by atoms with Crippen molar-refractivity contribution in [2.75, 3.05) is 19.6 Å². The lowest BCUT2D eigenvalue weighted by Gasteiger charge is -2.34. The molecule has 2 aliphatic rings. The van der Waals surface area contributed by atoms with E-state index in [1.165, 1.54) is 40.5 Å². The lowest BCUT2D eigenvalue weighted by atomic mass is 10.00. The number of ether oxygens (including phenoxy) is 1. The molecule has 1 fully saturated rings. The summed E-state index contributed by atoms with van der Waals surface area (Å²) in [5, 5.41) is 14.8. The van der Waals surface area contributed by atoms with Crippen molar-refractivity contribution in [3.63, 3.8) is 0 Å². The Balaban J connectivity index is 1.70. The molecule has 0 bridgehead atoms. The molecule has 1 saturated heterocycles. The first-order valence-corrected chi connectivity index (χ1v) is 12.6. The SMILES string of the molecule is CC(C)Oc1cc([N+](=O)[O-])ccc1C1=NC(c2ccc(Cl)cc2)C(c2ncco2)N1C(=O)N1CCNC(=O)C1. The van der Waals surface area contributed by atoms with E-state index in [-0.39, 0.29) is 48.3 Å². The highest BCUT2D eigenvalue weighted by molar-refractivity contribution is 6.30. The smallest absolute Gasteiger partial charge is 0.327 e. The van der Waals surface area contributed by atoms with Crippen molar-refractivity contribution in [1.29, 1.82) is 0 Å². The number of aliphatic imine (C=N–C) groups is 1. The maximum Gasteiger partial charge on any atom is 0.327 e. The van der Waals surface area contributed by atoms with E-state index >= 15 is 0 Å². The van der Waals surface area contributed by atoms with Crippen LogP contribution < -0.4 is 10.1 Å². The summed E-state index contributed by atoms with van der Waals surface area (Å²) in [6.07, 6.45) is 2.56. The van der Waals surface area contributed by atoms with Crippen LogP contribution in [0.25, 0.3) is 0 Å². The summed E-state index contributed by atoms with van der Waals surface area (Å²) in [5.41, 5.74) is 0.939. The highest BCUT2D eigenvalue weighted by Crippen LogP contribution is 2.45. The van der Waals surface area contributed by atoms with Gasteiger partial charge in [-0.15, -0.1) is 0 Å². The zero-order valence-corrected chi connectivity index (χ0v) is 21.9. The second-order valence-electron chi connectivity index (χ2n) is 9.29. The van der Waals surface area contributed by atoms with Crippen LogP contribution in [0, 0.1) is 10.1 Å². The molecule has 202 valence electrons. The summed E-state index contributed by atoms with van der Waals surface area (Å²) in [4.78, 5) is 49.5. The van der Waals surface area contributed by atoms with Gasteiger partial charge < -0.3 is 19.4 Å². The number of carbonyl (C=O) groups excluding carboxylic acids is 2. The molecular formula is C26H25ClN6O6. The lowest BCUT2D eigenvalue weighted by molar-refractivity contribution is -0.384. The van der Waals surface area contributed by atoms with Gasteiger partial charge in [-0.2, -0.15) is 0 Å². The van der Waals surface area contributed by atoms with Crippen LogP contribution in [0.1, 0.15) is 42.9 Å². The number of non-ortho nitro benzene ring substituents is 1. The Bertz CT molecular complexity index is 1430. The topological polar surface area (TPSA) is 143 Å². The fourth-order valence-electron chi connectivity index (χ4n) is 4.60. The summed E-state index contributed by atoms with van der Waals surface area (Å²) < 4.78 is 11.7. The zero-order chi connectivity index (χ0) is 27.7. The Kier molecular flexibility index (Phi) is 7.20. The number of hydrogen-bond donors (Lipinski definition) is 1. The van der Waals surface area contributed by atoms with E-state index in [1.54, 1.807) is 38.1 Å². The Morgan fingerprint density at radius 1 is 1.26 bits per heavy atom. The number of piperazine rings is 1. The minimum Gasteiger partial charge on any atom is -0.490 e. The van der Waals surface area contributed by atoms with E-state index in [0.29, 0.717) is 17.1 Å². The summed E-state index contributed by atoms with van der Waals surface area (Å²) >= 11 is 6.14. The Morgan fingerprint density at radius 3 is 2.67 bits per heavy atom. The van der Waals surface area contributed by atoms with Crippen LogP contribution in [0.2, 0.25) is 5.02 Å². The average Bonchev–Trinajstić information content (AvgIpc) is 3.56. The number of rotatable bonds is 6. The van der Waals surface area contributed by atoms with E-state index in [2.05, 4.69) is 10.3 Å². The standard InChI is InChI=1S/C26H25ClN6O6/c1-15(2)39-20-13-18(33(36)37)7-8-19(20)24-30-22(16-3-5-17(27)6-4-16)23(25-29-10-12-38-25)32(24)26(35)31-11-9-28-21(34)14-31/h3-8,10,12-13,15,22-23H,9,11,14H2,1-2H3,(H,28,34). The molecule has 2 aromatic carbocycles. The first kappa shape index (κ1) is 26.2. The number of halogens is 1. The van der Waals surface area contributed by atoms with Crippen molar-refractivity contribution < 1.29 is 23.7 Å². The number of benzene rings is 2. The molecule has 2 atom stereocenters. The molecule has 2 aliphatic heterocycles. The number of amides is 3. The maximum absolute atomic E-state index is 14.1. The van der Waals surface area contributed by atoms with Gasteiger partial charge in [-0.25, -0.2) is 9.78 Å². The summed E-state index contributed by atoms with van der Waals surface area (Å²) in [7, 11) is 0. The minimum atomic E-state index is -0.823. The highest BCUT2D eigenvalue weighted by atomic mass is 35.5. The van der Waals surface area contributed by atoms with Gasteiger partial charge in [0.2, 0.25) is 11.8 Å². The number of aromatic nitrogens is 1. The van der Waals surface area contributed by atoms with Crippen molar-refractivity contribution in [3.05, 3.63) is 87.1 Å². The van der Waals surface area contributed by atoms with Gasteiger partial charge >= 0.3 is 6.03 Å². The van der Waals surface area contributed by atoms with E-state index in [0.717, 1.165) is 5.56 Å². The van der Waals surface area contributed by atoms with Gasteiger partial charge in [0.05, 0.1) is 28.9 Å². The van der Waals surface area contributed by atoms with Crippen LogP contribution in [-0.4, -0.2) is 63.2 Å². The number of nitrogens with one attached hydrogen (secondary N) is 1. The molecule has 3 amide bonds. The molecule has 0 saturated carbocycles. The summed E-state index contributed by atoms with van der Waals surface area (Å²) in [5.74, 6) is 0.347. The Hall–Kier alpha value is -4.45. The molecular weight excluding hydrogens is 528 g/mol. The fourth-order valence-corrected chi connectivity index (χ4v) is 4.73. The molecule has 5 rings (SSSR count). The molecule has 1 N–H and O–H groups in total. The molecule has 2 unspecified atom stereocenters. The van der Waals surface area contributed by atoms with E-state index < -0.39 is 23.0 Å². The Morgan fingerprint density at radius 2 is 2.03 bits per heavy atom. The molecule has 12 nitrogen and oxygen atoms in total. The number of carbonyl (C=O) groups is 2. The quantitative estimate of drug-likeness (QED) is 0.358. The van der Waals surface area contributed by atoms with Crippen molar-refractivity contribution in [2.45, 2.75) is 32.0 Å². The fraction of sp³-hybridized carbons (Fsp3) is 0.308. The number of oxazole rings is 1. The normalized spacial score (nSPS) is 19.2. The van der Waals surface area contributed by atoms with Gasteiger partial charge in [0.1, 0.15) is 36.5 Å². The summed E-state index contributed by atoms with van der Waals surface area (Å²) in [6.45, 7) is 4.03. The van der Waals surface area contributed by atoms with Crippen LogP contribution >= 0.6 is 11.6 Å². The zero-order valence-electron chi connectivity index (χ0n) is 21.1. The first-order valence-electron chi connectivity index (χ1n) is 12.3. The third kappa shape index (κ3) is 5.28. The monoisotopic (exact) mass is 552 g/mol. The second-order valence-corrected chi connectivity index (χ2v) is 9.73. The highest BCUT2D eigenvalue weighted by Gasteiger charge is 2.47. The van der Waals surface area contributed by atoms with Crippen molar-refractivity contribution in [3.8, 4) is 5.75 Å². The number of hydrogen-bond acceptors (Lipinski definition) is 8. The number of nitro benzene ring substituents is 1. The van der Waals surface area contributed by atoms with Gasteiger partial charge in [0, 0.05) is 24.2 Å². The molecule has 0 radical (unpaired) electrons. The molecule has 13 heteroatoms. The molecule has 0 spiro atoms. The van der Waals surface area contributed by atoms with E-state index in [9.17, 15) is 19.7 Å². The van der Waals surface area contributed by atoms with Gasteiger partial charge in [0.25, 0.3) is 5.69 Å². The van der Waals surface area contributed by atoms with Gasteiger partial charge in [-0.1, -0.05) is 23.7 Å². The molecule has 3 heterocycles. The van der Waals surface area contributed by atoms with Crippen LogP contribution in [0.3, 0.4) is 0 Å². The van der Waals surface area contributed by atoms with E-state index in [4.69, 9.17) is 25.7 Å². The predicted molar refractivity (Wildman–Crippen MR) is 141 cm³/mol. The minimum absolute atomic E-state index is 0.137. The molecule has 0 aliphatic carbocycles. The third-order valence-corrected chi connectivity index (χ3v) is 6.53. The number of nitrogens with zero attached hydrogens (tertiary/aromatic N) is 5. The number of nitro groups is 1. The van der Waals surface area contributed by atoms with Crippen LogP contribution in [0.5, 0.6) is 5.75 Å². The predicted octanol–water partition coefficient (Wildman–Crippen LogP) is 4.12. The maximum atomic E-state index is 14.1. The largest absolute Gasteiger partial charge is 0.490 e. The Labute approximate surface area is 228 Å². The van der Waals surface area contributed by atoms with Gasteiger partial charge in [-0.05, 0) is 37.6 Å². The van der Waals surface area contributed by atoms with Gasteiger partial charge in [0.15, 0.2) is 0 Å². The first-order chi connectivity index (χ1) is 18.7. The number of urea groups is 1. The summed E-state index contributed by atoms with van der Waals surface area (Å²) in [6, 6.07) is 9.21. The van der Waals surface area contributed by atoms with Crippen molar-refractivity contribution >= 4 is 35.1 Å². The number of amidine groups is 1. The lowest BCUT2D eigenvalue weighted by Crippen LogP contribution is -2.55. The van der Waals surface area contributed by atoms with Crippen LogP contribution in [0.15, 0.2) is 64.3 Å². The molecule has 39 heavy (non-hydrogen) atoms. The van der Waals surface area contributed by atoms with Crippen LogP contribution in [0.4, 0.5) is 10.5 Å². The molecule has 3 aromatic rings. The molecule has 1 aromatic heterocycles.